The van der Waals surface area contributed by atoms with E-state index in [-0.39, 0.29) is 11.6 Å². The lowest BCUT2D eigenvalue weighted by molar-refractivity contribution is -0.139. The Bertz CT molecular complexity index is 1690. The van der Waals surface area contributed by atoms with Gasteiger partial charge in [-0.3, -0.25) is 4.79 Å². The number of carboxylic acids is 1. The Morgan fingerprint density at radius 1 is 1.09 bits per heavy atom. The average molecular weight is 508 g/mol. The molecule has 0 saturated carbocycles. The maximum atomic E-state index is 13.4. The molecule has 2 aromatic heterocycles. The molecule has 3 aromatic carbocycles. The van der Waals surface area contributed by atoms with E-state index < -0.39 is 18.1 Å². The van der Waals surface area contributed by atoms with Crippen molar-refractivity contribution >= 4 is 57.3 Å². The molecule has 8 nitrogen and oxygen atoms in total. The number of carbonyl (C=O) groups is 1. The third-order valence-corrected chi connectivity index (χ3v) is 5.56. The molecule has 1 N–H and O–H groups in total. The van der Waals surface area contributed by atoms with Crippen LogP contribution in [0.3, 0.4) is 0 Å². The van der Waals surface area contributed by atoms with Gasteiger partial charge in [0.2, 0.25) is 5.82 Å². The summed E-state index contributed by atoms with van der Waals surface area (Å²) in [5.41, 5.74) is 1.00. The summed E-state index contributed by atoms with van der Waals surface area (Å²) >= 11 is 12.2. The van der Waals surface area contributed by atoms with Crippen molar-refractivity contribution in [3.05, 3.63) is 92.7 Å². The lowest BCUT2D eigenvalue weighted by Gasteiger charge is -2.09. The van der Waals surface area contributed by atoms with Crippen molar-refractivity contribution in [3.8, 4) is 17.3 Å². The Morgan fingerprint density at radius 3 is 2.69 bits per heavy atom. The van der Waals surface area contributed by atoms with Crippen LogP contribution in [0, 0.1) is 0 Å². The lowest BCUT2D eigenvalue weighted by Crippen LogP contribution is -2.20. The van der Waals surface area contributed by atoms with E-state index in [0.717, 1.165) is 10.1 Å². The molecule has 2 heterocycles. The van der Waals surface area contributed by atoms with Crippen LogP contribution in [-0.4, -0.2) is 33.6 Å². The van der Waals surface area contributed by atoms with Crippen LogP contribution in [0.15, 0.2) is 81.0 Å². The lowest BCUT2D eigenvalue weighted by atomic mass is 10.2. The molecule has 0 bridgehead atoms. The molecule has 5 rings (SSSR count). The molecule has 10 heteroatoms. The maximum absolute atomic E-state index is 13.4. The van der Waals surface area contributed by atoms with E-state index in [0.29, 0.717) is 37.9 Å². The van der Waals surface area contributed by atoms with Crippen molar-refractivity contribution < 1.29 is 19.1 Å². The van der Waals surface area contributed by atoms with Crippen molar-refractivity contribution in [2.24, 2.45) is 5.10 Å². The Kier molecular flexibility index (Phi) is 5.98. The van der Waals surface area contributed by atoms with Crippen LogP contribution in [0.5, 0.6) is 5.75 Å². The van der Waals surface area contributed by atoms with Gasteiger partial charge in [0.05, 0.1) is 17.1 Å². The number of aliphatic carboxylic acids is 1. The van der Waals surface area contributed by atoms with E-state index in [2.05, 4.69) is 10.1 Å². The monoisotopic (exact) mass is 507 g/mol. The minimum atomic E-state index is -1.13. The normalized spacial score (nSPS) is 11.5. The summed E-state index contributed by atoms with van der Waals surface area (Å²) in [5, 5.41) is 15.3. The molecular weight excluding hydrogens is 493 g/mol. The molecule has 0 unspecified atom stereocenters. The first-order valence-electron chi connectivity index (χ1n) is 10.3. The molecule has 0 saturated heterocycles. The highest BCUT2D eigenvalue weighted by Crippen LogP contribution is 2.29. The van der Waals surface area contributed by atoms with Gasteiger partial charge in [-0.25, -0.2) is 9.78 Å². The number of halogens is 2. The molecule has 0 aliphatic heterocycles. The Morgan fingerprint density at radius 2 is 1.86 bits per heavy atom. The predicted molar refractivity (Wildman–Crippen MR) is 134 cm³/mol. The molecule has 0 amide bonds. The van der Waals surface area contributed by atoms with Crippen molar-refractivity contribution in [1.29, 1.82) is 0 Å². The van der Waals surface area contributed by atoms with Gasteiger partial charge in [-0.2, -0.15) is 9.78 Å². The summed E-state index contributed by atoms with van der Waals surface area (Å²) < 4.78 is 12.4. The van der Waals surface area contributed by atoms with Gasteiger partial charge in [0.15, 0.2) is 12.4 Å². The fourth-order valence-electron chi connectivity index (χ4n) is 3.53. The first-order chi connectivity index (χ1) is 16.9. The third kappa shape index (κ3) is 4.62. The van der Waals surface area contributed by atoms with Gasteiger partial charge < -0.3 is 14.3 Å². The Hall–Kier alpha value is -4.14. The van der Waals surface area contributed by atoms with Gasteiger partial charge in [0.1, 0.15) is 11.3 Å². The van der Waals surface area contributed by atoms with E-state index in [1.54, 1.807) is 60.7 Å². The van der Waals surface area contributed by atoms with Crippen LogP contribution in [0.25, 0.3) is 33.5 Å². The second-order valence-corrected chi connectivity index (χ2v) is 8.34. The number of nitrogens with zero attached hydrogens (tertiary/aromatic N) is 3. The fraction of sp³-hybridized carbons (Fsp3) is 0.0400. The van der Waals surface area contributed by atoms with Crippen molar-refractivity contribution in [1.82, 2.24) is 9.66 Å². The second-order valence-electron chi connectivity index (χ2n) is 7.47. The highest BCUT2D eigenvalue weighted by atomic mass is 35.5. The summed E-state index contributed by atoms with van der Waals surface area (Å²) in [6.07, 6.45) is 1.35. The van der Waals surface area contributed by atoms with Crippen molar-refractivity contribution in [2.45, 2.75) is 0 Å². The second kappa shape index (κ2) is 9.25. The smallest absolute Gasteiger partial charge is 0.341 e. The third-order valence-electron chi connectivity index (χ3n) is 5.09. The molecule has 0 aliphatic rings. The van der Waals surface area contributed by atoms with Crippen LogP contribution in [-0.2, 0) is 4.79 Å². The first-order valence-corrected chi connectivity index (χ1v) is 11.0. The van der Waals surface area contributed by atoms with Gasteiger partial charge in [-0.05, 0) is 54.6 Å². The largest absolute Gasteiger partial charge is 0.481 e. The van der Waals surface area contributed by atoms with Gasteiger partial charge in [-0.1, -0.05) is 35.3 Å². The Balaban J connectivity index is 1.68. The van der Waals surface area contributed by atoms with Gasteiger partial charge in [-0.15, -0.1) is 0 Å². The molecule has 5 aromatic rings. The van der Waals surface area contributed by atoms with Crippen LogP contribution < -0.4 is 10.3 Å². The number of fused-ring (bicyclic) bond motifs is 2. The van der Waals surface area contributed by atoms with Crippen LogP contribution in [0.1, 0.15) is 5.56 Å². The van der Waals surface area contributed by atoms with Crippen molar-refractivity contribution in [2.75, 3.05) is 6.61 Å². The summed E-state index contributed by atoms with van der Waals surface area (Å²) in [6, 6.07) is 18.4. The minimum Gasteiger partial charge on any atom is -0.481 e. The maximum Gasteiger partial charge on any atom is 0.341 e. The predicted octanol–water partition coefficient (Wildman–Crippen LogP) is 5.46. The summed E-state index contributed by atoms with van der Waals surface area (Å²) in [4.78, 5) is 29.0. The van der Waals surface area contributed by atoms with Crippen LogP contribution in [0.4, 0.5) is 0 Å². The van der Waals surface area contributed by atoms with E-state index >= 15 is 0 Å². The number of benzene rings is 3. The SMILES string of the molecule is O=C(O)COc1ccc(Cl)cc1C=Nn1c(-c2cc3cc(Cl)ccc3o2)nc2ccccc2c1=O. The highest BCUT2D eigenvalue weighted by molar-refractivity contribution is 6.31. The molecule has 0 fully saturated rings. The number of aromatic nitrogens is 2. The molecule has 0 aliphatic carbocycles. The number of carboxylic acid groups (broad SMARTS) is 1. The number of rotatable bonds is 6. The van der Waals surface area contributed by atoms with Crippen LogP contribution >= 0.6 is 23.2 Å². The number of furan rings is 1. The molecular formula is C25H15Cl2N3O5. The molecule has 0 spiro atoms. The quantitative estimate of drug-likeness (QED) is 0.305. The molecule has 174 valence electrons. The standard InChI is InChI=1S/C25H15Cl2N3O5/c26-16-6-8-21-14(9-16)11-22(35-21)24-29-19-4-2-1-3-18(19)25(33)30(24)28-12-15-10-17(27)5-7-20(15)34-13-23(31)32/h1-12H,13H2,(H,31,32). The van der Waals surface area contributed by atoms with Crippen LogP contribution in [0.2, 0.25) is 10.0 Å². The highest BCUT2D eigenvalue weighted by Gasteiger charge is 2.17. The Labute approximate surface area is 207 Å². The van der Waals surface area contributed by atoms with E-state index in [1.807, 2.05) is 0 Å². The summed E-state index contributed by atoms with van der Waals surface area (Å²) in [5.74, 6) is -0.407. The number of ether oxygens (including phenoxy) is 1. The average Bonchev–Trinajstić information content (AvgIpc) is 3.25. The number of para-hydroxylation sites is 1. The number of hydrogen-bond donors (Lipinski definition) is 1. The van der Waals surface area contributed by atoms with Gasteiger partial charge >= 0.3 is 5.97 Å². The zero-order valence-electron chi connectivity index (χ0n) is 17.8. The zero-order valence-corrected chi connectivity index (χ0v) is 19.3. The molecule has 0 radical (unpaired) electrons. The van der Waals surface area contributed by atoms with E-state index in [1.165, 1.54) is 12.3 Å². The van der Waals surface area contributed by atoms with Gasteiger partial charge in [0.25, 0.3) is 5.56 Å². The topological polar surface area (TPSA) is 107 Å². The minimum absolute atomic E-state index is 0.173. The van der Waals surface area contributed by atoms with E-state index in [4.69, 9.17) is 37.5 Å². The van der Waals surface area contributed by atoms with Crippen molar-refractivity contribution in [3.63, 3.8) is 0 Å². The summed E-state index contributed by atoms with van der Waals surface area (Å²) in [6.45, 7) is -0.549. The molecule has 35 heavy (non-hydrogen) atoms. The van der Waals surface area contributed by atoms with E-state index in [9.17, 15) is 9.59 Å². The summed E-state index contributed by atoms with van der Waals surface area (Å²) in [7, 11) is 0. The number of hydrogen-bond acceptors (Lipinski definition) is 6. The first kappa shape index (κ1) is 22.6. The molecule has 0 atom stereocenters. The van der Waals surface area contributed by atoms with Gasteiger partial charge in [0, 0.05) is 21.0 Å². The fourth-order valence-corrected chi connectivity index (χ4v) is 3.89. The zero-order chi connectivity index (χ0) is 24.5.